The molecule has 0 amide bonds. The zero-order valence-electron chi connectivity index (χ0n) is 59.5. The van der Waals surface area contributed by atoms with E-state index in [1.54, 1.807) is 0 Å². The molecule has 0 spiro atoms. The van der Waals surface area contributed by atoms with Gasteiger partial charge in [0.1, 0.15) is 8.64 Å². The molecule has 2 N–H and O–H groups in total. The second-order valence-corrected chi connectivity index (χ2v) is 28.4. The van der Waals surface area contributed by atoms with Crippen LogP contribution in [0.3, 0.4) is 0 Å². The van der Waals surface area contributed by atoms with Gasteiger partial charge in [-0.3, -0.25) is 0 Å². The first-order valence-electron chi connectivity index (χ1n) is 37.6. The third kappa shape index (κ3) is 66.5. The van der Waals surface area contributed by atoms with Crippen LogP contribution in [0.2, 0.25) is 0 Å². The molecule has 0 atom stereocenters. The maximum atomic E-state index is 5.28. The van der Waals surface area contributed by atoms with E-state index in [1.165, 1.54) is 406 Å². The molecule has 11 heteroatoms. The van der Waals surface area contributed by atoms with Crippen molar-refractivity contribution in [3.63, 3.8) is 0 Å². The van der Waals surface area contributed by atoms with E-state index in [2.05, 4.69) is 100.0 Å². The molecule has 0 bridgehead atoms. The zero-order valence-corrected chi connectivity index (χ0v) is 73.5. The number of thiol groups is 2. The largest absolute Gasteiger partial charge is 2.00 e. The molecule has 0 aliphatic rings. The van der Waals surface area contributed by atoms with E-state index in [-0.39, 0.29) is 85.4 Å². The van der Waals surface area contributed by atoms with E-state index in [1.807, 2.05) is 0 Å². The number of rotatable bonds is 62. The number of aryl methyl sites for hydroxylation is 2. The van der Waals surface area contributed by atoms with Gasteiger partial charge in [-0.15, -0.1) is 25.3 Å². The van der Waals surface area contributed by atoms with Crippen LogP contribution in [0.5, 0.6) is 0 Å². The Kier molecular flexibility index (Phi) is 89.3. The Morgan fingerprint density at radius 1 is 0.258 bits per heavy atom. The Balaban J connectivity index is -0.000000500. The van der Waals surface area contributed by atoms with Gasteiger partial charge in [0.25, 0.3) is 0 Å². The first-order valence-corrected chi connectivity index (χ1v) is 39.3. The van der Waals surface area contributed by atoms with Crippen LogP contribution < -0.4 is 10.6 Å². The molecule has 0 aromatic heterocycles. The van der Waals surface area contributed by atoms with Gasteiger partial charge < -0.3 is 37.6 Å². The molecule has 0 radical (unpaired) electrons. The predicted octanol–water partition coefficient (Wildman–Crippen LogP) is 28.7. The van der Waals surface area contributed by atoms with E-state index in [4.69, 9.17) is 24.4 Å². The topological polar surface area (TPSA) is 24.1 Å². The van der Waals surface area contributed by atoms with Gasteiger partial charge in [-0.25, -0.2) is 0 Å². The maximum Gasteiger partial charge on any atom is 2.00 e. The molecular formula is C78H142N2S6Zn3+2. The molecule has 0 aliphatic heterocycles. The molecule has 0 heterocycles. The van der Waals surface area contributed by atoms with Crippen LogP contribution in [0.25, 0.3) is 0 Å². The molecule has 89 heavy (non-hydrogen) atoms. The van der Waals surface area contributed by atoms with Crippen LogP contribution in [0.15, 0.2) is 36.4 Å². The van der Waals surface area contributed by atoms with Crippen LogP contribution in [0.4, 0.5) is 11.4 Å². The standard InChI is InChI=1S/2C39H71NS2.2S.3Zn/c2*1-3-5-7-9-11-13-15-17-19-21-23-25-27-29-32-36-33-31-35-38(40-39(41)42)37(36)34-30-28-26-24-22-20-18-16-14-12-10-8-6-4-2;;;;;/h2*31,33,35H,3-30,32,34H2,1-2H3,(H2,40,41,42);;;;;/q;;2*-2;3*+2. The summed E-state index contributed by atoms with van der Waals surface area (Å²) in [6.07, 6.45) is 83.8. The third-order valence-corrected chi connectivity index (χ3v) is 18.6. The molecule has 504 valence electrons. The molecule has 2 aromatic carbocycles. The van der Waals surface area contributed by atoms with Gasteiger partial charge in [0.15, 0.2) is 0 Å². The molecule has 0 saturated carbocycles. The van der Waals surface area contributed by atoms with E-state index < -0.39 is 0 Å². The summed E-state index contributed by atoms with van der Waals surface area (Å²) in [6, 6.07) is 13.5. The number of nitrogens with one attached hydrogen (secondary N) is 2. The minimum Gasteiger partial charge on any atom is -2.00 e. The third-order valence-electron chi connectivity index (χ3n) is 18.2. The summed E-state index contributed by atoms with van der Waals surface area (Å²) < 4.78 is 1.15. The van der Waals surface area contributed by atoms with Gasteiger partial charge in [-0.1, -0.05) is 410 Å². The Hall–Kier alpha value is 1.49. The van der Waals surface area contributed by atoms with Crippen molar-refractivity contribution in [2.75, 3.05) is 10.6 Å². The van der Waals surface area contributed by atoms with Gasteiger partial charge in [0.05, 0.1) is 0 Å². The molecule has 0 saturated heterocycles. The molecule has 2 nitrogen and oxygen atoms in total. The van der Waals surface area contributed by atoms with E-state index in [0.29, 0.717) is 8.64 Å². The summed E-state index contributed by atoms with van der Waals surface area (Å²) >= 11 is 19.3. The van der Waals surface area contributed by atoms with Crippen LogP contribution >= 0.6 is 49.7 Å². The van der Waals surface area contributed by atoms with Crippen molar-refractivity contribution in [3.05, 3.63) is 58.7 Å². The normalized spacial score (nSPS) is 10.7. The maximum absolute atomic E-state index is 5.28. The predicted molar refractivity (Wildman–Crippen MR) is 414 cm³/mol. The molecule has 0 unspecified atom stereocenters. The molecule has 2 aromatic rings. The van der Waals surface area contributed by atoms with Crippen molar-refractivity contribution in [1.82, 2.24) is 0 Å². The average molecular weight is 1500 g/mol. The number of unbranched alkanes of at least 4 members (excludes halogenated alkanes) is 52. The molecular weight excluding hydrogens is 1350 g/mol. The van der Waals surface area contributed by atoms with Crippen LogP contribution in [0, 0.1) is 0 Å². The van der Waals surface area contributed by atoms with Crippen molar-refractivity contribution in [3.8, 4) is 0 Å². The van der Waals surface area contributed by atoms with Crippen LogP contribution in [0.1, 0.15) is 410 Å². The second kappa shape index (κ2) is 80.2. The average Bonchev–Trinajstić information content (AvgIpc) is 2.97. The first kappa shape index (κ1) is 99.2. The molecule has 2 rings (SSSR count). The van der Waals surface area contributed by atoms with Crippen LogP contribution in [-0.2, 0) is 111 Å². The fourth-order valence-electron chi connectivity index (χ4n) is 12.8. The fraction of sp³-hybridized carbons (Fsp3) is 0.821. The zero-order chi connectivity index (χ0) is 60.7. The minimum atomic E-state index is 0. The number of benzene rings is 2. The number of thiocarbonyl (C=S) groups is 2. The molecule has 0 aliphatic carbocycles. The van der Waals surface area contributed by atoms with Crippen LogP contribution in [-0.4, -0.2) is 8.64 Å². The second-order valence-electron chi connectivity index (χ2n) is 26.1. The summed E-state index contributed by atoms with van der Waals surface area (Å²) in [7, 11) is 0. The smallest absolute Gasteiger partial charge is 2.00 e. The van der Waals surface area contributed by atoms with Crippen molar-refractivity contribution in [2.24, 2.45) is 0 Å². The Labute approximate surface area is 631 Å². The Morgan fingerprint density at radius 3 is 0.584 bits per heavy atom. The SMILES string of the molecule is CCCCCCCCCCCCCCCCc1cccc(NC(=S)S)c1CCCCCCCCCCCCCCCC.CCCCCCCCCCCCCCCCc1cccc(NC(=S)S)c1CCCCCCCCCCCCCCCC.[S-2].[S-2].[Zn+2].[Zn+2].[Zn+2]. The van der Waals surface area contributed by atoms with Crippen molar-refractivity contribution in [2.45, 2.75) is 413 Å². The van der Waals surface area contributed by atoms with Gasteiger partial charge >= 0.3 is 58.4 Å². The quantitative estimate of drug-likeness (QED) is 0.0230. The summed E-state index contributed by atoms with van der Waals surface area (Å²) in [4.78, 5) is 0. The summed E-state index contributed by atoms with van der Waals surface area (Å²) in [5.74, 6) is 0. The van der Waals surface area contributed by atoms with Gasteiger partial charge in [0.2, 0.25) is 0 Å². The number of hydrogen-bond donors (Lipinski definition) is 4. The fourth-order valence-corrected chi connectivity index (χ4v) is 13.3. The van der Waals surface area contributed by atoms with Gasteiger partial charge in [0, 0.05) is 11.4 Å². The van der Waals surface area contributed by atoms with E-state index >= 15 is 0 Å². The van der Waals surface area contributed by atoms with Gasteiger partial charge in [-0.2, -0.15) is 0 Å². The Morgan fingerprint density at radius 2 is 0.416 bits per heavy atom. The number of hydrogen-bond acceptors (Lipinski definition) is 2. The van der Waals surface area contributed by atoms with Crippen molar-refractivity contribution >= 4 is 96.7 Å². The monoisotopic (exact) mass is 1490 g/mol. The van der Waals surface area contributed by atoms with Gasteiger partial charge in [-0.05, 0) is 85.8 Å². The van der Waals surface area contributed by atoms with E-state index in [0.717, 1.165) is 12.8 Å². The molecule has 0 fully saturated rings. The summed E-state index contributed by atoms with van der Waals surface area (Å²) in [5.41, 5.74) is 8.40. The minimum absolute atomic E-state index is 0. The van der Waals surface area contributed by atoms with Crippen molar-refractivity contribution < 1.29 is 58.4 Å². The summed E-state index contributed by atoms with van der Waals surface area (Å²) in [6.45, 7) is 9.20. The van der Waals surface area contributed by atoms with Crippen molar-refractivity contribution in [1.29, 1.82) is 0 Å². The number of anilines is 2. The summed E-state index contributed by atoms with van der Waals surface area (Å²) in [5, 5.41) is 6.72. The first-order chi connectivity index (χ1) is 41.4. The Bertz CT molecular complexity index is 1610. The van der Waals surface area contributed by atoms with E-state index in [9.17, 15) is 0 Å².